The fourth-order valence-electron chi connectivity index (χ4n) is 1.43. The molecular weight excluding hydrogens is 208 g/mol. The molecule has 1 N–H and O–H groups in total. The molecule has 0 aromatic heterocycles. The number of aliphatic carboxylic acids is 1. The minimum Gasteiger partial charge on any atom is -0.497 e. The van der Waals surface area contributed by atoms with Crippen molar-refractivity contribution in [3.05, 3.63) is 23.8 Å². The van der Waals surface area contributed by atoms with Crippen LogP contribution in [-0.2, 0) is 11.2 Å². The molecule has 88 valence electrons. The smallest absolute Gasteiger partial charge is 0.306 e. The topological polar surface area (TPSA) is 55.8 Å². The first-order valence-electron chi connectivity index (χ1n) is 5.01. The number of benzene rings is 1. The van der Waals surface area contributed by atoms with E-state index in [1.165, 1.54) is 0 Å². The summed E-state index contributed by atoms with van der Waals surface area (Å²) in [4.78, 5) is 10.8. The van der Waals surface area contributed by atoms with Gasteiger partial charge in [0.25, 0.3) is 0 Å². The molecule has 1 aromatic rings. The second-order valence-electron chi connectivity index (χ2n) is 3.66. The molecule has 0 saturated carbocycles. The number of methoxy groups -OCH3 is 2. The highest BCUT2D eigenvalue weighted by Gasteiger charge is 2.12. The number of hydrogen-bond acceptors (Lipinski definition) is 3. The lowest BCUT2D eigenvalue weighted by Crippen LogP contribution is -2.12. The largest absolute Gasteiger partial charge is 0.497 e. The van der Waals surface area contributed by atoms with Crippen molar-refractivity contribution in [3.8, 4) is 11.5 Å². The fourth-order valence-corrected chi connectivity index (χ4v) is 1.43. The third kappa shape index (κ3) is 3.15. The zero-order chi connectivity index (χ0) is 12.1. The standard InChI is InChI=1S/C12H16O4/c1-8(12(13)14)4-9-5-10(15-2)7-11(6-9)16-3/h5-8H,4H2,1-3H3,(H,13,14)/t8-/m0/s1. The monoisotopic (exact) mass is 224 g/mol. The van der Waals surface area contributed by atoms with Gasteiger partial charge in [0, 0.05) is 6.07 Å². The van der Waals surface area contributed by atoms with Gasteiger partial charge in [-0.05, 0) is 24.1 Å². The molecule has 0 bridgehead atoms. The molecule has 0 saturated heterocycles. The van der Waals surface area contributed by atoms with Crippen LogP contribution < -0.4 is 9.47 Å². The highest BCUT2D eigenvalue weighted by molar-refractivity contribution is 5.70. The highest BCUT2D eigenvalue weighted by Crippen LogP contribution is 2.24. The molecule has 0 spiro atoms. The van der Waals surface area contributed by atoms with Gasteiger partial charge < -0.3 is 14.6 Å². The average molecular weight is 224 g/mol. The molecule has 0 radical (unpaired) electrons. The van der Waals surface area contributed by atoms with Gasteiger partial charge in [-0.3, -0.25) is 4.79 Å². The molecule has 0 heterocycles. The summed E-state index contributed by atoms with van der Waals surface area (Å²) in [5, 5.41) is 8.83. The minimum atomic E-state index is -0.804. The van der Waals surface area contributed by atoms with Crippen molar-refractivity contribution in [1.29, 1.82) is 0 Å². The molecule has 1 aromatic carbocycles. The maximum Gasteiger partial charge on any atom is 0.306 e. The van der Waals surface area contributed by atoms with Gasteiger partial charge in [-0.15, -0.1) is 0 Å². The van der Waals surface area contributed by atoms with Gasteiger partial charge in [-0.25, -0.2) is 0 Å². The summed E-state index contributed by atoms with van der Waals surface area (Å²) >= 11 is 0. The van der Waals surface area contributed by atoms with Crippen LogP contribution in [0.1, 0.15) is 12.5 Å². The maximum atomic E-state index is 10.8. The van der Waals surface area contributed by atoms with Gasteiger partial charge in [0.2, 0.25) is 0 Å². The number of hydrogen-bond donors (Lipinski definition) is 1. The molecule has 0 aliphatic heterocycles. The zero-order valence-electron chi connectivity index (χ0n) is 9.69. The van der Waals surface area contributed by atoms with Crippen LogP contribution in [0, 0.1) is 5.92 Å². The Labute approximate surface area is 94.8 Å². The van der Waals surface area contributed by atoms with E-state index in [0.29, 0.717) is 17.9 Å². The van der Waals surface area contributed by atoms with Crippen LogP contribution in [0.5, 0.6) is 11.5 Å². The predicted molar refractivity (Wildman–Crippen MR) is 60.0 cm³/mol. The van der Waals surface area contributed by atoms with Crippen molar-refractivity contribution in [2.45, 2.75) is 13.3 Å². The van der Waals surface area contributed by atoms with Crippen molar-refractivity contribution in [2.75, 3.05) is 14.2 Å². The highest BCUT2D eigenvalue weighted by atomic mass is 16.5. The average Bonchev–Trinajstić information content (AvgIpc) is 2.28. The van der Waals surface area contributed by atoms with Crippen molar-refractivity contribution < 1.29 is 19.4 Å². The SMILES string of the molecule is COc1cc(C[C@H](C)C(=O)O)cc(OC)c1. The van der Waals surface area contributed by atoms with Crippen molar-refractivity contribution >= 4 is 5.97 Å². The Bertz CT molecular complexity index is 351. The summed E-state index contributed by atoms with van der Waals surface area (Å²) in [6.45, 7) is 1.67. The van der Waals surface area contributed by atoms with Crippen molar-refractivity contribution in [1.82, 2.24) is 0 Å². The molecule has 16 heavy (non-hydrogen) atoms. The molecular formula is C12H16O4. The van der Waals surface area contributed by atoms with E-state index in [-0.39, 0.29) is 0 Å². The Morgan fingerprint density at radius 2 is 1.75 bits per heavy atom. The molecule has 4 heteroatoms. The van der Waals surface area contributed by atoms with E-state index < -0.39 is 11.9 Å². The molecule has 0 unspecified atom stereocenters. The quantitative estimate of drug-likeness (QED) is 0.830. The van der Waals surface area contributed by atoms with Crippen LogP contribution in [0.2, 0.25) is 0 Å². The third-order valence-corrected chi connectivity index (χ3v) is 2.37. The molecule has 0 aliphatic rings. The van der Waals surface area contributed by atoms with Crippen LogP contribution >= 0.6 is 0 Å². The van der Waals surface area contributed by atoms with Crippen LogP contribution in [0.4, 0.5) is 0 Å². The van der Waals surface area contributed by atoms with Gasteiger partial charge in [-0.2, -0.15) is 0 Å². The number of carboxylic acids is 1. The molecule has 4 nitrogen and oxygen atoms in total. The Morgan fingerprint density at radius 3 is 2.12 bits per heavy atom. The first-order chi connectivity index (χ1) is 7.56. The summed E-state index contributed by atoms with van der Waals surface area (Å²) in [7, 11) is 3.14. The maximum absolute atomic E-state index is 10.8. The lowest BCUT2D eigenvalue weighted by atomic mass is 10.0. The summed E-state index contributed by atoms with van der Waals surface area (Å²) in [5.41, 5.74) is 0.895. The predicted octanol–water partition coefficient (Wildman–Crippen LogP) is 1.97. The van der Waals surface area contributed by atoms with Crippen LogP contribution in [-0.4, -0.2) is 25.3 Å². The third-order valence-electron chi connectivity index (χ3n) is 2.37. The van der Waals surface area contributed by atoms with Gasteiger partial charge in [-0.1, -0.05) is 6.92 Å². The van der Waals surface area contributed by atoms with E-state index in [0.717, 1.165) is 5.56 Å². The van der Waals surface area contributed by atoms with Crippen LogP contribution in [0.25, 0.3) is 0 Å². The molecule has 1 atom stereocenters. The Balaban J connectivity index is 2.90. The normalized spacial score (nSPS) is 11.9. The van der Waals surface area contributed by atoms with Crippen LogP contribution in [0.3, 0.4) is 0 Å². The Hall–Kier alpha value is -1.71. The van der Waals surface area contributed by atoms with E-state index in [1.54, 1.807) is 27.2 Å². The molecule has 0 amide bonds. The van der Waals surface area contributed by atoms with E-state index in [4.69, 9.17) is 14.6 Å². The van der Waals surface area contributed by atoms with E-state index in [1.807, 2.05) is 12.1 Å². The summed E-state index contributed by atoms with van der Waals surface area (Å²) < 4.78 is 10.2. The molecule has 0 fully saturated rings. The number of carbonyl (C=O) groups is 1. The van der Waals surface area contributed by atoms with Gasteiger partial charge in [0.05, 0.1) is 20.1 Å². The zero-order valence-corrected chi connectivity index (χ0v) is 9.69. The van der Waals surface area contributed by atoms with Gasteiger partial charge in [0.1, 0.15) is 11.5 Å². The lowest BCUT2D eigenvalue weighted by molar-refractivity contribution is -0.141. The van der Waals surface area contributed by atoms with Gasteiger partial charge in [0.15, 0.2) is 0 Å². The minimum absolute atomic E-state index is 0.420. The number of carboxylic acid groups (broad SMARTS) is 1. The summed E-state index contributed by atoms with van der Waals surface area (Å²) in [6, 6.07) is 5.40. The fraction of sp³-hybridized carbons (Fsp3) is 0.417. The first-order valence-corrected chi connectivity index (χ1v) is 5.01. The number of ether oxygens (including phenoxy) is 2. The van der Waals surface area contributed by atoms with Crippen LogP contribution in [0.15, 0.2) is 18.2 Å². The second kappa shape index (κ2) is 5.39. The lowest BCUT2D eigenvalue weighted by Gasteiger charge is -2.10. The first kappa shape index (κ1) is 12.4. The second-order valence-corrected chi connectivity index (χ2v) is 3.66. The Kier molecular flexibility index (Phi) is 4.17. The Morgan fingerprint density at radius 1 is 1.25 bits per heavy atom. The van der Waals surface area contributed by atoms with Crippen molar-refractivity contribution in [3.63, 3.8) is 0 Å². The summed E-state index contributed by atoms with van der Waals surface area (Å²) in [5.74, 6) is 0.123. The van der Waals surface area contributed by atoms with E-state index in [2.05, 4.69) is 0 Å². The van der Waals surface area contributed by atoms with E-state index in [9.17, 15) is 4.79 Å². The van der Waals surface area contributed by atoms with Gasteiger partial charge >= 0.3 is 5.97 Å². The number of rotatable bonds is 5. The molecule has 1 rings (SSSR count). The van der Waals surface area contributed by atoms with Crippen molar-refractivity contribution in [2.24, 2.45) is 5.92 Å². The van der Waals surface area contributed by atoms with E-state index >= 15 is 0 Å². The summed E-state index contributed by atoms with van der Waals surface area (Å²) in [6.07, 6.45) is 0.461. The molecule has 0 aliphatic carbocycles.